The number of aryl methyl sites for hydroxylation is 1. The number of anilines is 1. The number of methoxy groups -OCH3 is 1. The van der Waals surface area contributed by atoms with E-state index in [-0.39, 0.29) is 0 Å². The Labute approximate surface area is 113 Å². The van der Waals surface area contributed by atoms with Crippen LogP contribution < -0.4 is 15.4 Å². The van der Waals surface area contributed by atoms with Crippen molar-refractivity contribution >= 4 is 23.0 Å². The first-order chi connectivity index (χ1) is 8.70. The highest BCUT2D eigenvalue weighted by atomic mass is 32.1. The van der Waals surface area contributed by atoms with Gasteiger partial charge in [-0.2, -0.15) is 0 Å². The number of hydrogen-bond acceptors (Lipinski definition) is 3. The quantitative estimate of drug-likeness (QED) is 0.795. The van der Waals surface area contributed by atoms with Crippen LogP contribution in [0.5, 0.6) is 5.75 Å². The van der Waals surface area contributed by atoms with Gasteiger partial charge in [0.2, 0.25) is 0 Å². The van der Waals surface area contributed by atoms with Gasteiger partial charge in [0, 0.05) is 26.2 Å². The number of rotatable bonds is 2. The number of nitrogens with zero attached hydrogens (tertiary/aromatic N) is 1. The van der Waals surface area contributed by atoms with Gasteiger partial charge in [0.25, 0.3) is 0 Å². The fourth-order valence-electron chi connectivity index (χ4n) is 1.98. The lowest BCUT2D eigenvalue weighted by atomic mass is 10.2. The van der Waals surface area contributed by atoms with E-state index in [1.807, 2.05) is 18.2 Å². The Morgan fingerprint density at radius 1 is 1.39 bits per heavy atom. The number of thiocarbonyl (C=S) groups is 1. The summed E-state index contributed by atoms with van der Waals surface area (Å²) in [5, 5.41) is 7.35. The maximum absolute atomic E-state index is 5.44. The summed E-state index contributed by atoms with van der Waals surface area (Å²) in [5.41, 5.74) is 2.11. The summed E-state index contributed by atoms with van der Waals surface area (Å²) in [6.07, 6.45) is 0. The zero-order valence-corrected chi connectivity index (χ0v) is 11.6. The van der Waals surface area contributed by atoms with Crippen molar-refractivity contribution in [3.8, 4) is 5.75 Å². The molecule has 18 heavy (non-hydrogen) atoms. The summed E-state index contributed by atoms with van der Waals surface area (Å²) in [6.45, 7) is 5.90. The first-order valence-corrected chi connectivity index (χ1v) is 6.53. The fraction of sp³-hybridized carbons (Fsp3) is 0.462. The Hall–Kier alpha value is -1.33. The molecule has 2 rings (SSSR count). The molecule has 98 valence electrons. The molecule has 0 spiro atoms. The molecular weight excluding hydrogens is 246 g/mol. The molecule has 0 amide bonds. The van der Waals surface area contributed by atoms with Crippen molar-refractivity contribution in [2.75, 3.05) is 38.6 Å². The van der Waals surface area contributed by atoms with E-state index in [0.29, 0.717) is 0 Å². The van der Waals surface area contributed by atoms with Gasteiger partial charge in [0.1, 0.15) is 5.75 Å². The van der Waals surface area contributed by atoms with E-state index in [1.165, 1.54) is 5.56 Å². The van der Waals surface area contributed by atoms with E-state index in [9.17, 15) is 0 Å². The van der Waals surface area contributed by atoms with Gasteiger partial charge in [-0.25, -0.2) is 0 Å². The van der Waals surface area contributed by atoms with Crippen LogP contribution in [-0.4, -0.2) is 43.3 Å². The molecule has 1 aromatic rings. The third-order valence-electron chi connectivity index (χ3n) is 3.00. The molecule has 0 aliphatic carbocycles. The summed E-state index contributed by atoms with van der Waals surface area (Å²) in [5.74, 6) is 0.818. The molecule has 2 N–H and O–H groups in total. The van der Waals surface area contributed by atoms with E-state index in [2.05, 4.69) is 22.5 Å². The van der Waals surface area contributed by atoms with Gasteiger partial charge in [0.15, 0.2) is 5.11 Å². The van der Waals surface area contributed by atoms with Crippen molar-refractivity contribution in [3.05, 3.63) is 23.8 Å². The van der Waals surface area contributed by atoms with Crippen LogP contribution >= 0.6 is 12.2 Å². The molecule has 0 radical (unpaired) electrons. The topological polar surface area (TPSA) is 36.5 Å². The highest BCUT2D eigenvalue weighted by molar-refractivity contribution is 7.80. The van der Waals surface area contributed by atoms with Crippen LogP contribution in [0, 0.1) is 6.92 Å². The van der Waals surface area contributed by atoms with Gasteiger partial charge >= 0.3 is 0 Å². The first-order valence-electron chi connectivity index (χ1n) is 6.12. The maximum atomic E-state index is 5.44. The Morgan fingerprint density at radius 3 is 2.78 bits per heavy atom. The van der Waals surface area contributed by atoms with Crippen LogP contribution in [0.3, 0.4) is 0 Å². The van der Waals surface area contributed by atoms with E-state index in [4.69, 9.17) is 17.0 Å². The normalized spacial score (nSPS) is 15.3. The molecule has 1 aliphatic rings. The van der Waals surface area contributed by atoms with Crippen LogP contribution in [-0.2, 0) is 0 Å². The molecule has 5 heteroatoms. The lowest BCUT2D eigenvalue weighted by Gasteiger charge is -2.30. The van der Waals surface area contributed by atoms with E-state index < -0.39 is 0 Å². The molecule has 1 aromatic carbocycles. The van der Waals surface area contributed by atoms with Crippen molar-refractivity contribution in [3.63, 3.8) is 0 Å². The molecular formula is C13H19N3OS. The van der Waals surface area contributed by atoms with Gasteiger partial charge < -0.3 is 20.3 Å². The summed E-state index contributed by atoms with van der Waals surface area (Å²) in [6, 6.07) is 6.03. The molecule has 0 aromatic heterocycles. The van der Waals surface area contributed by atoms with Crippen LogP contribution in [0.15, 0.2) is 18.2 Å². The zero-order valence-electron chi connectivity index (χ0n) is 10.8. The third kappa shape index (κ3) is 3.11. The van der Waals surface area contributed by atoms with Gasteiger partial charge in [-0.1, -0.05) is 6.07 Å². The monoisotopic (exact) mass is 265 g/mol. The summed E-state index contributed by atoms with van der Waals surface area (Å²) in [7, 11) is 1.67. The van der Waals surface area contributed by atoms with Crippen molar-refractivity contribution in [1.29, 1.82) is 0 Å². The van der Waals surface area contributed by atoms with E-state index >= 15 is 0 Å². The second-order valence-electron chi connectivity index (χ2n) is 4.37. The predicted octanol–water partition coefficient (Wildman–Crippen LogP) is 1.61. The minimum absolute atomic E-state index is 0.764. The zero-order chi connectivity index (χ0) is 13.0. The molecule has 0 bridgehead atoms. The van der Waals surface area contributed by atoms with Gasteiger partial charge in [-0.15, -0.1) is 0 Å². The van der Waals surface area contributed by atoms with E-state index in [0.717, 1.165) is 42.7 Å². The molecule has 0 unspecified atom stereocenters. The molecule has 1 fully saturated rings. The largest absolute Gasteiger partial charge is 0.495 e. The lowest BCUT2D eigenvalue weighted by molar-refractivity contribution is 0.361. The Kier molecular flexibility index (Phi) is 4.38. The number of nitrogens with one attached hydrogen (secondary N) is 2. The SMILES string of the molecule is COc1ccc(C)cc1NC(=S)N1CCNCC1. The molecule has 0 atom stereocenters. The second kappa shape index (κ2) is 6.02. The molecule has 4 nitrogen and oxygen atoms in total. The van der Waals surface area contributed by atoms with Crippen molar-refractivity contribution in [1.82, 2.24) is 10.2 Å². The third-order valence-corrected chi connectivity index (χ3v) is 3.36. The predicted molar refractivity (Wildman–Crippen MR) is 78.4 cm³/mol. The number of ether oxygens (including phenoxy) is 1. The molecule has 1 saturated heterocycles. The Morgan fingerprint density at radius 2 is 2.11 bits per heavy atom. The van der Waals surface area contributed by atoms with Crippen molar-refractivity contribution in [2.24, 2.45) is 0 Å². The second-order valence-corrected chi connectivity index (χ2v) is 4.76. The van der Waals surface area contributed by atoms with Gasteiger partial charge in [-0.3, -0.25) is 0 Å². The first kappa shape index (κ1) is 13.1. The van der Waals surface area contributed by atoms with Crippen molar-refractivity contribution < 1.29 is 4.74 Å². The standard InChI is InChI=1S/C13H19N3OS/c1-10-3-4-12(17-2)11(9-10)15-13(18)16-7-5-14-6-8-16/h3-4,9,14H,5-8H2,1-2H3,(H,15,18). The number of hydrogen-bond donors (Lipinski definition) is 2. The van der Waals surface area contributed by atoms with Crippen LogP contribution in [0.1, 0.15) is 5.56 Å². The van der Waals surface area contributed by atoms with Gasteiger partial charge in [0.05, 0.1) is 12.8 Å². The highest BCUT2D eigenvalue weighted by Crippen LogP contribution is 2.25. The van der Waals surface area contributed by atoms with E-state index in [1.54, 1.807) is 7.11 Å². The number of piperazine rings is 1. The molecule has 0 saturated carbocycles. The van der Waals surface area contributed by atoms with Crippen LogP contribution in [0.2, 0.25) is 0 Å². The average Bonchev–Trinajstić information content (AvgIpc) is 2.40. The summed E-state index contributed by atoms with van der Waals surface area (Å²) >= 11 is 5.44. The minimum Gasteiger partial charge on any atom is -0.495 e. The fourth-order valence-corrected chi connectivity index (χ4v) is 2.27. The lowest BCUT2D eigenvalue weighted by Crippen LogP contribution is -2.47. The average molecular weight is 265 g/mol. The van der Waals surface area contributed by atoms with Crippen LogP contribution in [0.25, 0.3) is 0 Å². The number of benzene rings is 1. The van der Waals surface area contributed by atoms with Gasteiger partial charge in [-0.05, 0) is 36.8 Å². The van der Waals surface area contributed by atoms with Crippen LogP contribution in [0.4, 0.5) is 5.69 Å². The highest BCUT2D eigenvalue weighted by Gasteiger charge is 2.14. The smallest absolute Gasteiger partial charge is 0.173 e. The maximum Gasteiger partial charge on any atom is 0.173 e. The van der Waals surface area contributed by atoms with Crippen molar-refractivity contribution in [2.45, 2.75) is 6.92 Å². The minimum atomic E-state index is 0.764. The summed E-state index contributed by atoms with van der Waals surface area (Å²) in [4.78, 5) is 2.17. The summed E-state index contributed by atoms with van der Waals surface area (Å²) < 4.78 is 5.34. The Balaban J connectivity index is 2.07. The molecule has 1 heterocycles. The Bertz CT molecular complexity index is 430. The molecule has 1 aliphatic heterocycles.